The number of hydrogen-bond donors (Lipinski definition) is 3. The Morgan fingerprint density at radius 1 is 0.446 bits per heavy atom. The highest BCUT2D eigenvalue weighted by atomic mass is 16.5. The number of ether oxygens (including phenoxy) is 1. The van der Waals surface area contributed by atoms with Crippen LogP contribution in [0.4, 0.5) is 0 Å². The average molecular weight is 794 g/mol. The maximum absolute atomic E-state index is 13.1. The van der Waals surface area contributed by atoms with E-state index in [1.807, 2.05) is 0 Å². The van der Waals surface area contributed by atoms with Gasteiger partial charge in [0.15, 0.2) is 0 Å². The highest BCUT2D eigenvalue weighted by molar-refractivity contribution is 5.77. The lowest BCUT2D eigenvalue weighted by Crippen LogP contribution is -2.46. The summed E-state index contributed by atoms with van der Waals surface area (Å²) in [6.07, 6.45) is 47.5. The van der Waals surface area contributed by atoms with Gasteiger partial charge in [0.1, 0.15) is 6.10 Å². The fourth-order valence-corrected chi connectivity index (χ4v) is 8.08. The minimum atomic E-state index is -0.777. The molecule has 0 aromatic carbocycles. The van der Waals surface area contributed by atoms with Crippen molar-refractivity contribution in [1.82, 2.24) is 5.32 Å². The molecule has 6 nitrogen and oxygen atoms in total. The number of esters is 1. The zero-order chi connectivity index (χ0) is 41.0. The molecule has 6 heteroatoms. The summed E-state index contributed by atoms with van der Waals surface area (Å²) >= 11 is 0. The van der Waals surface area contributed by atoms with Gasteiger partial charge in [-0.3, -0.25) is 9.59 Å². The topological polar surface area (TPSA) is 95.9 Å². The van der Waals surface area contributed by atoms with Crippen LogP contribution in [-0.4, -0.2) is 46.9 Å². The van der Waals surface area contributed by atoms with Crippen molar-refractivity contribution in [2.45, 2.75) is 302 Å². The summed E-state index contributed by atoms with van der Waals surface area (Å²) in [5.41, 5.74) is 0. The molecule has 0 radical (unpaired) electrons. The second-order valence-corrected chi connectivity index (χ2v) is 17.6. The van der Waals surface area contributed by atoms with Gasteiger partial charge >= 0.3 is 5.97 Å². The lowest BCUT2D eigenvalue weighted by Gasteiger charge is -2.24. The van der Waals surface area contributed by atoms with Gasteiger partial charge in [-0.2, -0.15) is 0 Å². The molecular formula is C50H99NO5. The third-order valence-corrected chi connectivity index (χ3v) is 11.9. The van der Waals surface area contributed by atoms with Gasteiger partial charge in [0.05, 0.1) is 25.2 Å². The van der Waals surface area contributed by atoms with Crippen molar-refractivity contribution in [1.29, 1.82) is 0 Å². The van der Waals surface area contributed by atoms with Crippen LogP contribution in [0.15, 0.2) is 0 Å². The molecule has 0 aromatic heterocycles. The van der Waals surface area contributed by atoms with E-state index in [9.17, 15) is 19.8 Å². The van der Waals surface area contributed by atoms with E-state index in [1.54, 1.807) is 0 Å². The predicted octanol–water partition coefficient (Wildman–Crippen LogP) is 14.8. The van der Waals surface area contributed by atoms with Crippen molar-refractivity contribution in [2.24, 2.45) is 0 Å². The highest BCUT2D eigenvalue weighted by Gasteiger charge is 2.24. The summed E-state index contributed by atoms with van der Waals surface area (Å²) in [5, 5.41) is 23.6. The Kier molecular flexibility index (Phi) is 44.0. The largest absolute Gasteiger partial charge is 0.462 e. The fraction of sp³-hybridized carbons (Fsp3) is 0.960. The Hall–Kier alpha value is -1.14. The fourth-order valence-electron chi connectivity index (χ4n) is 8.08. The van der Waals surface area contributed by atoms with Crippen LogP contribution in [0.3, 0.4) is 0 Å². The molecule has 0 spiro atoms. The van der Waals surface area contributed by atoms with Crippen molar-refractivity contribution < 1.29 is 24.5 Å². The first kappa shape index (κ1) is 54.9. The molecule has 3 atom stereocenters. The van der Waals surface area contributed by atoms with Gasteiger partial charge in [0.2, 0.25) is 5.91 Å². The highest BCUT2D eigenvalue weighted by Crippen LogP contribution is 2.18. The van der Waals surface area contributed by atoms with Gasteiger partial charge in [-0.05, 0) is 25.7 Å². The smallest absolute Gasteiger partial charge is 0.306 e. The van der Waals surface area contributed by atoms with Crippen LogP contribution in [0.1, 0.15) is 284 Å². The van der Waals surface area contributed by atoms with E-state index in [1.165, 1.54) is 199 Å². The number of hydrogen-bond acceptors (Lipinski definition) is 5. The van der Waals surface area contributed by atoms with Crippen LogP contribution in [0.25, 0.3) is 0 Å². The number of amides is 1. The number of aliphatic hydroxyl groups is 2. The molecule has 1 amide bonds. The summed E-state index contributed by atoms with van der Waals surface area (Å²) in [4.78, 5) is 26.0. The molecule has 0 aliphatic rings. The van der Waals surface area contributed by atoms with Crippen molar-refractivity contribution >= 4 is 11.9 Å². The molecule has 334 valence electrons. The molecule has 3 unspecified atom stereocenters. The lowest BCUT2D eigenvalue weighted by atomic mass is 10.0. The first-order chi connectivity index (χ1) is 27.5. The Morgan fingerprint density at radius 2 is 0.750 bits per heavy atom. The Balaban J connectivity index is 4.34. The first-order valence-electron chi connectivity index (χ1n) is 25.3. The Bertz CT molecular complexity index is 806. The molecule has 0 aliphatic heterocycles. The molecule has 56 heavy (non-hydrogen) atoms. The van der Waals surface area contributed by atoms with Crippen molar-refractivity contribution in [3.63, 3.8) is 0 Å². The second kappa shape index (κ2) is 45.0. The maximum atomic E-state index is 13.1. The normalized spacial score (nSPS) is 13.2. The van der Waals surface area contributed by atoms with E-state index in [-0.39, 0.29) is 24.9 Å². The van der Waals surface area contributed by atoms with Gasteiger partial charge in [-0.1, -0.05) is 245 Å². The molecule has 0 bridgehead atoms. The molecule has 0 heterocycles. The predicted molar refractivity (Wildman–Crippen MR) is 241 cm³/mol. The molecule has 0 fully saturated rings. The Morgan fingerprint density at radius 3 is 1.09 bits per heavy atom. The number of rotatable bonds is 46. The standard InChI is InChI=1S/C50H99NO5/c1-4-7-10-13-16-19-20-21-22-23-24-25-26-27-28-31-34-37-40-43-50(55)56-46(41-38-35-32-29-17-14-11-8-5-2)44-49(54)51-47(45-52)48(53)42-39-36-33-30-18-15-12-9-6-3/h46-48,52-53H,4-45H2,1-3H3,(H,51,54). The number of carbonyl (C=O) groups is 2. The van der Waals surface area contributed by atoms with Crippen molar-refractivity contribution in [3.8, 4) is 0 Å². The van der Waals surface area contributed by atoms with Crippen LogP contribution in [-0.2, 0) is 14.3 Å². The molecule has 0 aromatic rings. The van der Waals surface area contributed by atoms with Crippen molar-refractivity contribution in [3.05, 3.63) is 0 Å². The number of unbranched alkanes of at least 4 members (excludes halogenated alkanes) is 34. The minimum Gasteiger partial charge on any atom is -0.462 e. The van der Waals surface area contributed by atoms with Crippen LogP contribution in [0.2, 0.25) is 0 Å². The molecule has 0 rings (SSSR count). The van der Waals surface area contributed by atoms with Gasteiger partial charge in [0.25, 0.3) is 0 Å². The van der Waals surface area contributed by atoms with Gasteiger partial charge in [0, 0.05) is 6.42 Å². The van der Waals surface area contributed by atoms with Gasteiger partial charge in [-0.25, -0.2) is 0 Å². The SMILES string of the molecule is CCCCCCCCCCCCCCCCCCCCCC(=O)OC(CCCCCCCCCCC)CC(=O)NC(CO)C(O)CCCCCCCCCCC. The quantitative estimate of drug-likeness (QED) is 0.0421. The summed E-state index contributed by atoms with van der Waals surface area (Å²) in [6, 6.07) is -0.690. The number of aliphatic hydroxyl groups excluding tert-OH is 2. The number of nitrogens with one attached hydrogen (secondary N) is 1. The molecule has 0 saturated heterocycles. The summed E-state index contributed by atoms with van der Waals surface area (Å²) in [5.74, 6) is -0.456. The zero-order valence-electron chi connectivity index (χ0n) is 38.0. The first-order valence-corrected chi connectivity index (χ1v) is 25.3. The monoisotopic (exact) mass is 794 g/mol. The molecule has 0 saturated carbocycles. The van der Waals surface area contributed by atoms with Crippen LogP contribution >= 0.6 is 0 Å². The average Bonchev–Trinajstić information content (AvgIpc) is 3.19. The third-order valence-electron chi connectivity index (χ3n) is 11.9. The molecule has 0 aliphatic carbocycles. The minimum absolute atomic E-state index is 0.0865. The summed E-state index contributed by atoms with van der Waals surface area (Å²) < 4.78 is 5.91. The van der Waals surface area contributed by atoms with Crippen LogP contribution < -0.4 is 5.32 Å². The van der Waals surface area contributed by atoms with E-state index in [0.717, 1.165) is 38.5 Å². The van der Waals surface area contributed by atoms with Crippen LogP contribution in [0, 0.1) is 0 Å². The van der Waals surface area contributed by atoms with Crippen molar-refractivity contribution in [2.75, 3.05) is 6.61 Å². The van der Waals surface area contributed by atoms with E-state index in [4.69, 9.17) is 4.74 Å². The van der Waals surface area contributed by atoms with E-state index in [2.05, 4.69) is 26.1 Å². The zero-order valence-corrected chi connectivity index (χ0v) is 38.0. The van der Waals surface area contributed by atoms with Gasteiger partial charge in [-0.15, -0.1) is 0 Å². The molecular weight excluding hydrogens is 695 g/mol. The van der Waals surface area contributed by atoms with Gasteiger partial charge < -0.3 is 20.3 Å². The van der Waals surface area contributed by atoms with E-state index >= 15 is 0 Å². The third kappa shape index (κ3) is 39.7. The van der Waals surface area contributed by atoms with E-state index < -0.39 is 18.2 Å². The second-order valence-electron chi connectivity index (χ2n) is 17.6. The maximum Gasteiger partial charge on any atom is 0.306 e. The molecule has 3 N–H and O–H groups in total. The number of carbonyl (C=O) groups excluding carboxylic acids is 2. The van der Waals surface area contributed by atoms with Crippen LogP contribution in [0.5, 0.6) is 0 Å². The lowest BCUT2D eigenvalue weighted by molar-refractivity contribution is -0.151. The Labute approximate surface area is 349 Å². The van der Waals surface area contributed by atoms with E-state index in [0.29, 0.717) is 19.3 Å². The summed E-state index contributed by atoms with van der Waals surface area (Å²) in [7, 11) is 0. The summed E-state index contributed by atoms with van der Waals surface area (Å²) in [6.45, 7) is 6.47.